The van der Waals surface area contributed by atoms with Crippen LogP contribution < -0.4 is 5.32 Å². The maximum Gasteiger partial charge on any atom is 0.260 e. The van der Waals surface area contributed by atoms with E-state index in [1.807, 2.05) is 13.8 Å². The predicted molar refractivity (Wildman–Crippen MR) is 68.6 cm³/mol. The molecular formula is C14H17NO3. The highest BCUT2D eigenvalue weighted by atomic mass is 16.3. The van der Waals surface area contributed by atoms with Crippen molar-refractivity contribution in [2.45, 2.75) is 39.2 Å². The van der Waals surface area contributed by atoms with Crippen LogP contribution in [0.5, 0.6) is 0 Å². The Labute approximate surface area is 106 Å². The Morgan fingerprint density at radius 2 is 2.11 bits per heavy atom. The Balaban J connectivity index is 2.52. The normalized spacial score (nSPS) is 21.7. The molecule has 0 bridgehead atoms. The van der Waals surface area contributed by atoms with Gasteiger partial charge in [0.15, 0.2) is 11.4 Å². The minimum Gasteiger partial charge on any atom is -0.375 e. The summed E-state index contributed by atoms with van der Waals surface area (Å²) in [6, 6.07) is 3.39. The molecule has 2 rings (SSSR count). The van der Waals surface area contributed by atoms with Crippen LogP contribution >= 0.6 is 0 Å². The maximum atomic E-state index is 12.0. The maximum absolute atomic E-state index is 12.0. The van der Waals surface area contributed by atoms with Gasteiger partial charge in [0, 0.05) is 23.2 Å². The summed E-state index contributed by atoms with van der Waals surface area (Å²) in [6.07, 6.45) is 1.26. The van der Waals surface area contributed by atoms with Gasteiger partial charge in [-0.15, -0.1) is 0 Å². The van der Waals surface area contributed by atoms with Gasteiger partial charge >= 0.3 is 0 Å². The molecule has 96 valence electrons. The lowest BCUT2D eigenvalue weighted by Gasteiger charge is -2.15. The Hall–Kier alpha value is -1.68. The highest BCUT2D eigenvalue weighted by molar-refractivity contribution is 6.06. The fraction of sp³-hybridized carbons (Fsp3) is 0.429. The van der Waals surface area contributed by atoms with Crippen molar-refractivity contribution in [1.29, 1.82) is 0 Å². The summed E-state index contributed by atoms with van der Waals surface area (Å²) in [6.45, 7) is 5.22. The van der Waals surface area contributed by atoms with Crippen molar-refractivity contribution in [3.05, 3.63) is 28.8 Å². The highest BCUT2D eigenvalue weighted by Gasteiger charge is 2.41. The van der Waals surface area contributed by atoms with E-state index in [2.05, 4.69) is 5.32 Å². The van der Waals surface area contributed by atoms with Gasteiger partial charge in [-0.05, 0) is 38.0 Å². The lowest BCUT2D eigenvalue weighted by atomic mass is 9.92. The molecule has 1 aliphatic heterocycles. The van der Waals surface area contributed by atoms with Gasteiger partial charge in [0.25, 0.3) is 5.91 Å². The van der Waals surface area contributed by atoms with Crippen LogP contribution in [0.1, 0.15) is 48.2 Å². The number of anilines is 1. The summed E-state index contributed by atoms with van der Waals surface area (Å²) in [5, 5.41) is 12.7. The molecule has 1 amide bonds. The number of ketones is 1. The van der Waals surface area contributed by atoms with Crippen molar-refractivity contribution in [3.8, 4) is 0 Å². The Morgan fingerprint density at radius 1 is 1.44 bits per heavy atom. The van der Waals surface area contributed by atoms with Crippen LogP contribution in [0.4, 0.5) is 5.69 Å². The number of nitrogens with one attached hydrogen (secondary N) is 1. The second-order valence-electron chi connectivity index (χ2n) is 4.91. The predicted octanol–water partition coefficient (Wildman–Crippen LogP) is 2.14. The van der Waals surface area contributed by atoms with Gasteiger partial charge < -0.3 is 10.4 Å². The third-order valence-corrected chi connectivity index (χ3v) is 3.36. The van der Waals surface area contributed by atoms with Crippen molar-refractivity contribution in [2.24, 2.45) is 0 Å². The van der Waals surface area contributed by atoms with Crippen LogP contribution in [-0.4, -0.2) is 16.8 Å². The number of rotatable bonds is 3. The Kier molecular flexibility index (Phi) is 2.99. The first-order valence-electron chi connectivity index (χ1n) is 6.10. The highest BCUT2D eigenvalue weighted by Crippen LogP contribution is 2.37. The van der Waals surface area contributed by atoms with Crippen LogP contribution in [0, 0.1) is 6.92 Å². The van der Waals surface area contributed by atoms with Crippen molar-refractivity contribution in [3.63, 3.8) is 0 Å². The topological polar surface area (TPSA) is 66.4 Å². The molecule has 0 aromatic heterocycles. The SMILES string of the molecule is CCCC(=O)c1cc2c(cc1C)NC(=O)C2(C)O. The van der Waals surface area contributed by atoms with E-state index in [1.54, 1.807) is 12.1 Å². The molecule has 1 heterocycles. The molecule has 0 saturated carbocycles. The van der Waals surface area contributed by atoms with Crippen molar-refractivity contribution in [2.75, 3.05) is 5.32 Å². The summed E-state index contributed by atoms with van der Waals surface area (Å²) < 4.78 is 0. The van der Waals surface area contributed by atoms with E-state index in [9.17, 15) is 14.7 Å². The van der Waals surface area contributed by atoms with Crippen molar-refractivity contribution < 1.29 is 14.7 Å². The molecule has 0 saturated heterocycles. The largest absolute Gasteiger partial charge is 0.375 e. The molecule has 4 heteroatoms. The van der Waals surface area contributed by atoms with Crippen LogP contribution in [0.15, 0.2) is 12.1 Å². The minimum absolute atomic E-state index is 0.0490. The average molecular weight is 247 g/mol. The third-order valence-electron chi connectivity index (χ3n) is 3.36. The van der Waals surface area contributed by atoms with Crippen LogP contribution in [-0.2, 0) is 10.4 Å². The number of amides is 1. The monoisotopic (exact) mass is 247 g/mol. The summed E-state index contributed by atoms with van der Waals surface area (Å²) in [5.74, 6) is -0.398. The zero-order valence-corrected chi connectivity index (χ0v) is 10.8. The van der Waals surface area contributed by atoms with Gasteiger partial charge in [0.05, 0.1) is 0 Å². The minimum atomic E-state index is -1.55. The second-order valence-corrected chi connectivity index (χ2v) is 4.91. The van der Waals surface area contributed by atoms with Crippen LogP contribution in [0.2, 0.25) is 0 Å². The zero-order valence-electron chi connectivity index (χ0n) is 10.8. The van der Waals surface area contributed by atoms with Crippen LogP contribution in [0.3, 0.4) is 0 Å². The summed E-state index contributed by atoms with van der Waals surface area (Å²) in [7, 11) is 0. The van der Waals surface area contributed by atoms with E-state index in [-0.39, 0.29) is 5.78 Å². The zero-order chi connectivity index (χ0) is 13.5. The number of hydrogen-bond donors (Lipinski definition) is 2. The molecule has 1 aromatic carbocycles. The molecule has 2 N–H and O–H groups in total. The first-order chi connectivity index (χ1) is 8.37. The number of aryl methyl sites for hydroxylation is 1. The number of carbonyl (C=O) groups excluding carboxylic acids is 2. The Morgan fingerprint density at radius 3 is 2.72 bits per heavy atom. The number of aliphatic hydroxyl groups is 1. The van der Waals surface area contributed by atoms with Gasteiger partial charge in [-0.2, -0.15) is 0 Å². The van der Waals surface area contributed by atoms with Crippen molar-refractivity contribution >= 4 is 17.4 Å². The number of hydrogen-bond acceptors (Lipinski definition) is 3. The molecule has 1 unspecified atom stereocenters. The molecule has 18 heavy (non-hydrogen) atoms. The van der Waals surface area contributed by atoms with E-state index in [4.69, 9.17) is 0 Å². The smallest absolute Gasteiger partial charge is 0.260 e. The fourth-order valence-electron chi connectivity index (χ4n) is 2.24. The number of Topliss-reactive ketones (excluding diaryl/α,β-unsaturated/α-hetero) is 1. The van der Waals surface area contributed by atoms with Crippen LogP contribution in [0.25, 0.3) is 0 Å². The van der Waals surface area contributed by atoms with E-state index >= 15 is 0 Å². The molecule has 1 aliphatic rings. The van der Waals surface area contributed by atoms with E-state index in [0.717, 1.165) is 12.0 Å². The molecule has 0 aliphatic carbocycles. The average Bonchev–Trinajstić information content (AvgIpc) is 2.49. The Bertz CT molecular complexity index is 532. The summed E-state index contributed by atoms with van der Waals surface area (Å²) >= 11 is 0. The van der Waals surface area contributed by atoms with Gasteiger partial charge in [-0.25, -0.2) is 0 Å². The number of benzene rings is 1. The van der Waals surface area contributed by atoms with Gasteiger partial charge in [0.1, 0.15) is 0 Å². The molecule has 0 radical (unpaired) electrons. The molecule has 4 nitrogen and oxygen atoms in total. The van der Waals surface area contributed by atoms with Gasteiger partial charge in [-0.1, -0.05) is 6.92 Å². The molecule has 1 atom stereocenters. The fourth-order valence-corrected chi connectivity index (χ4v) is 2.24. The number of fused-ring (bicyclic) bond motifs is 1. The molecular weight excluding hydrogens is 230 g/mol. The lowest BCUT2D eigenvalue weighted by Crippen LogP contribution is -2.30. The number of carbonyl (C=O) groups is 2. The summed E-state index contributed by atoms with van der Waals surface area (Å²) in [4.78, 5) is 23.6. The van der Waals surface area contributed by atoms with E-state index in [1.165, 1.54) is 6.92 Å². The summed E-state index contributed by atoms with van der Waals surface area (Å²) in [5.41, 5.74) is 0.940. The quantitative estimate of drug-likeness (QED) is 0.804. The first-order valence-corrected chi connectivity index (χ1v) is 6.10. The van der Waals surface area contributed by atoms with Crippen molar-refractivity contribution in [1.82, 2.24) is 0 Å². The van der Waals surface area contributed by atoms with Gasteiger partial charge in [0.2, 0.25) is 0 Å². The standard InChI is InChI=1S/C14H17NO3/c1-4-5-12(16)9-7-10-11(6-8(9)2)15-13(17)14(10,3)18/h6-7,18H,4-5H2,1-3H3,(H,15,17). The molecule has 0 fully saturated rings. The second kappa shape index (κ2) is 4.21. The van der Waals surface area contributed by atoms with E-state index < -0.39 is 11.5 Å². The molecule has 0 spiro atoms. The third kappa shape index (κ3) is 1.82. The first kappa shape index (κ1) is 12.8. The van der Waals surface area contributed by atoms with Gasteiger partial charge in [-0.3, -0.25) is 9.59 Å². The lowest BCUT2D eigenvalue weighted by molar-refractivity contribution is -0.131. The molecule has 1 aromatic rings. The van der Waals surface area contributed by atoms with E-state index in [0.29, 0.717) is 23.2 Å².